The van der Waals surface area contributed by atoms with Gasteiger partial charge in [-0.1, -0.05) is 31.2 Å². The second-order valence-electron chi connectivity index (χ2n) is 7.14. The highest BCUT2D eigenvalue weighted by atomic mass is 16.5. The van der Waals surface area contributed by atoms with Gasteiger partial charge < -0.3 is 14.6 Å². The van der Waals surface area contributed by atoms with Crippen LogP contribution in [0, 0.1) is 0 Å². The molecule has 0 saturated carbocycles. The summed E-state index contributed by atoms with van der Waals surface area (Å²) < 4.78 is 8.06. The highest BCUT2D eigenvalue weighted by Gasteiger charge is 2.11. The molecule has 0 radical (unpaired) electrons. The van der Waals surface area contributed by atoms with Crippen LogP contribution in [0.5, 0.6) is 11.5 Å². The van der Waals surface area contributed by atoms with Crippen LogP contribution in [0.1, 0.15) is 34.4 Å². The number of ether oxygens (including phenoxy) is 1. The molecule has 0 spiro atoms. The van der Waals surface area contributed by atoms with E-state index in [1.54, 1.807) is 25.4 Å². The molecule has 0 bridgehead atoms. The van der Waals surface area contributed by atoms with Crippen LogP contribution in [0.2, 0.25) is 0 Å². The maximum Gasteiger partial charge on any atom is 0.269 e. The number of benzene rings is 2. The molecule has 1 amide bonds. The smallest absolute Gasteiger partial charge is 0.269 e. The van der Waals surface area contributed by atoms with Crippen molar-refractivity contribution in [2.45, 2.75) is 19.8 Å². The predicted octanol–water partition coefficient (Wildman–Crippen LogP) is 4.27. The lowest BCUT2D eigenvalue weighted by molar-refractivity contribution is 0.0958. The van der Waals surface area contributed by atoms with Gasteiger partial charge in [0.15, 0.2) is 0 Å². The van der Waals surface area contributed by atoms with Gasteiger partial charge in [0.2, 0.25) is 0 Å². The molecule has 6 heteroatoms. The van der Waals surface area contributed by atoms with E-state index in [2.05, 4.69) is 46.1 Å². The molecule has 30 heavy (non-hydrogen) atoms. The van der Waals surface area contributed by atoms with E-state index in [-0.39, 0.29) is 5.91 Å². The van der Waals surface area contributed by atoms with Crippen molar-refractivity contribution in [2.24, 2.45) is 7.05 Å². The number of nitrogens with zero attached hydrogens (tertiary/aromatic N) is 3. The molecule has 2 aromatic carbocycles. The number of nitrogens with one attached hydrogen (secondary N) is 1. The quantitative estimate of drug-likeness (QED) is 0.525. The molecule has 0 saturated heterocycles. The molecular formula is C24H24N4O2. The summed E-state index contributed by atoms with van der Waals surface area (Å²) >= 11 is 0. The predicted molar refractivity (Wildman–Crippen MR) is 117 cm³/mol. The Morgan fingerprint density at radius 2 is 1.77 bits per heavy atom. The summed E-state index contributed by atoms with van der Waals surface area (Å²) in [5.74, 6) is 1.96. The second-order valence-corrected chi connectivity index (χ2v) is 7.14. The van der Waals surface area contributed by atoms with Gasteiger partial charge >= 0.3 is 0 Å². The van der Waals surface area contributed by atoms with Crippen LogP contribution in [0.25, 0.3) is 11.0 Å². The standard InChI is InChI=1S/C24H24N4O2/c1-4-16-5-7-17(8-6-16)13-23-27-20-14-18(9-10-22(20)28(23)3)30-19-11-12-26-21(15-19)24(29)25-2/h5-12,14-15H,4,13H2,1-3H3,(H,25,29). The van der Waals surface area contributed by atoms with E-state index in [1.807, 2.05) is 25.2 Å². The van der Waals surface area contributed by atoms with Crippen molar-refractivity contribution in [1.82, 2.24) is 19.9 Å². The molecule has 6 nitrogen and oxygen atoms in total. The first-order chi connectivity index (χ1) is 14.6. The Labute approximate surface area is 175 Å². The monoisotopic (exact) mass is 400 g/mol. The number of carbonyl (C=O) groups excluding carboxylic acids is 1. The van der Waals surface area contributed by atoms with Crippen LogP contribution < -0.4 is 10.1 Å². The number of hydrogen-bond donors (Lipinski definition) is 1. The van der Waals surface area contributed by atoms with Gasteiger partial charge in [-0.3, -0.25) is 9.78 Å². The maximum atomic E-state index is 11.8. The number of amides is 1. The number of rotatable bonds is 6. The van der Waals surface area contributed by atoms with Gasteiger partial charge in [-0.05, 0) is 35.7 Å². The van der Waals surface area contributed by atoms with Crippen molar-refractivity contribution < 1.29 is 9.53 Å². The van der Waals surface area contributed by atoms with Gasteiger partial charge in [0.25, 0.3) is 5.91 Å². The van der Waals surface area contributed by atoms with Crippen molar-refractivity contribution in [3.8, 4) is 11.5 Å². The van der Waals surface area contributed by atoms with Crippen molar-refractivity contribution in [1.29, 1.82) is 0 Å². The molecule has 0 unspecified atom stereocenters. The normalized spacial score (nSPS) is 10.9. The van der Waals surface area contributed by atoms with Crippen molar-refractivity contribution in [3.63, 3.8) is 0 Å². The Balaban J connectivity index is 1.58. The summed E-state index contributed by atoms with van der Waals surface area (Å²) in [6, 6.07) is 17.8. The number of hydrogen-bond acceptors (Lipinski definition) is 4. The summed E-state index contributed by atoms with van der Waals surface area (Å²) in [7, 11) is 3.60. The zero-order valence-corrected chi connectivity index (χ0v) is 17.3. The van der Waals surface area contributed by atoms with Gasteiger partial charge in [-0.2, -0.15) is 0 Å². The fourth-order valence-electron chi connectivity index (χ4n) is 3.39. The van der Waals surface area contributed by atoms with Gasteiger partial charge in [0, 0.05) is 38.8 Å². The van der Waals surface area contributed by atoms with E-state index < -0.39 is 0 Å². The zero-order chi connectivity index (χ0) is 21.1. The number of aryl methyl sites for hydroxylation is 2. The molecule has 0 fully saturated rings. The number of carbonyl (C=O) groups is 1. The molecular weight excluding hydrogens is 376 g/mol. The number of aromatic nitrogens is 3. The van der Waals surface area contributed by atoms with Gasteiger partial charge in [-0.25, -0.2) is 4.98 Å². The minimum absolute atomic E-state index is 0.253. The first-order valence-electron chi connectivity index (χ1n) is 9.96. The van der Waals surface area contributed by atoms with Gasteiger partial charge in [0.1, 0.15) is 23.0 Å². The summed E-state index contributed by atoms with van der Waals surface area (Å²) in [6.45, 7) is 2.16. The third-order valence-corrected chi connectivity index (χ3v) is 5.17. The Morgan fingerprint density at radius 1 is 1.03 bits per heavy atom. The topological polar surface area (TPSA) is 69.0 Å². The molecule has 0 aliphatic carbocycles. The van der Waals surface area contributed by atoms with E-state index in [0.717, 1.165) is 29.7 Å². The minimum Gasteiger partial charge on any atom is -0.457 e. The van der Waals surface area contributed by atoms with Crippen LogP contribution in [-0.2, 0) is 19.9 Å². The lowest BCUT2D eigenvalue weighted by Gasteiger charge is -2.07. The largest absolute Gasteiger partial charge is 0.457 e. The van der Waals surface area contributed by atoms with Gasteiger partial charge in [-0.15, -0.1) is 0 Å². The highest BCUT2D eigenvalue weighted by Crippen LogP contribution is 2.26. The molecule has 1 N–H and O–H groups in total. The van der Waals surface area contributed by atoms with Crippen molar-refractivity contribution in [3.05, 3.63) is 83.4 Å². The number of imidazole rings is 1. The molecule has 0 atom stereocenters. The van der Waals surface area contributed by atoms with Crippen LogP contribution >= 0.6 is 0 Å². The van der Waals surface area contributed by atoms with E-state index in [9.17, 15) is 4.79 Å². The molecule has 4 aromatic rings. The summed E-state index contributed by atoms with van der Waals surface area (Å²) in [5, 5.41) is 2.56. The Kier molecular flexibility index (Phi) is 5.48. The summed E-state index contributed by atoms with van der Waals surface area (Å²) in [5.41, 5.74) is 4.80. The third kappa shape index (κ3) is 4.03. The average Bonchev–Trinajstić information content (AvgIpc) is 3.08. The lowest BCUT2D eigenvalue weighted by Crippen LogP contribution is -2.18. The van der Waals surface area contributed by atoms with Crippen molar-refractivity contribution in [2.75, 3.05) is 7.05 Å². The average molecular weight is 400 g/mol. The molecule has 2 aromatic heterocycles. The molecule has 0 aliphatic rings. The van der Waals surface area contributed by atoms with Crippen molar-refractivity contribution >= 4 is 16.9 Å². The second kappa shape index (κ2) is 8.37. The van der Waals surface area contributed by atoms with Crippen LogP contribution in [-0.4, -0.2) is 27.5 Å². The van der Waals surface area contributed by atoms with E-state index in [4.69, 9.17) is 9.72 Å². The Bertz CT molecular complexity index is 1200. The number of pyridine rings is 1. The minimum atomic E-state index is -0.253. The van der Waals surface area contributed by atoms with Gasteiger partial charge in [0.05, 0.1) is 11.0 Å². The zero-order valence-electron chi connectivity index (χ0n) is 17.3. The third-order valence-electron chi connectivity index (χ3n) is 5.17. The van der Waals surface area contributed by atoms with Crippen LogP contribution in [0.3, 0.4) is 0 Å². The Morgan fingerprint density at radius 3 is 2.50 bits per heavy atom. The molecule has 152 valence electrons. The van der Waals surface area contributed by atoms with E-state index >= 15 is 0 Å². The van der Waals surface area contributed by atoms with E-state index in [0.29, 0.717) is 17.2 Å². The first kappa shape index (κ1) is 19.6. The van der Waals surface area contributed by atoms with E-state index in [1.165, 1.54) is 11.1 Å². The summed E-state index contributed by atoms with van der Waals surface area (Å²) in [6.07, 6.45) is 3.36. The Hall–Kier alpha value is -3.67. The fourth-order valence-corrected chi connectivity index (χ4v) is 3.39. The first-order valence-corrected chi connectivity index (χ1v) is 9.96. The highest BCUT2D eigenvalue weighted by molar-refractivity contribution is 5.92. The van der Waals surface area contributed by atoms with Crippen LogP contribution in [0.4, 0.5) is 0 Å². The molecule has 2 heterocycles. The molecule has 4 rings (SSSR count). The maximum absolute atomic E-state index is 11.8. The SMILES string of the molecule is CCc1ccc(Cc2nc3cc(Oc4ccnc(C(=O)NC)c4)ccc3n2C)cc1. The summed E-state index contributed by atoms with van der Waals surface area (Å²) in [4.78, 5) is 20.7. The lowest BCUT2D eigenvalue weighted by atomic mass is 10.1. The van der Waals surface area contributed by atoms with Crippen LogP contribution in [0.15, 0.2) is 60.8 Å². The molecule has 0 aliphatic heterocycles. The number of fused-ring (bicyclic) bond motifs is 1. The fraction of sp³-hybridized carbons (Fsp3) is 0.208.